The minimum Gasteiger partial charge on any atom is -0.441 e. The van der Waals surface area contributed by atoms with Crippen LogP contribution in [-0.2, 0) is 10.0 Å². The van der Waals surface area contributed by atoms with Crippen molar-refractivity contribution in [2.45, 2.75) is 24.0 Å². The number of fused-ring (bicyclic) bond motifs is 1. The highest BCUT2D eigenvalue weighted by Gasteiger charge is 2.54. The summed E-state index contributed by atoms with van der Waals surface area (Å²) in [6.45, 7) is 3.58. The molecule has 0 unspecified atom stereocenters. The number of allylic oxidation sites excluding steroid dienone is 1. The number of anilines is 3. The standard InChI is InChI=1S/C19H15F3IN3O3S/c1-2-5-19(6-7-19)30(27,28)26-17-15(25-12-4-3-10(23)8-11(12)20)13(21)14(22)16-18(17)29-9-24-16/h2-4,8-9,25-26H,1,5-7H2. The molecule has 158 valence electrons. The van der Waals surface area contributed by atoms with E-state index in [2.05, 4.69) is 21.6 Å². The minimum absolute atomic E-state index is 0.166. The molecule has 0 spiro atoms. The Morgan fingerprint density at radius 1 is 1.23 bits per heavy atom. The predicted octanol–water partition coefficient (Wildman–Crippen LogP) is 5.44. The van der Waals surface area contributed by atoms with E-state index in [0.717, 1.165) is 6.39 Å². The van der Waals surface area contributed by atoms with Gasteiger partial charge in [0.25, 0.3) is 0 Å². The molecule has 1 aromatic heterocycles. The first kappa shape index (κ1) is 21.0. The highest BCUT2D eigenvalue weighted by Crippen LogP contribution is 2.49. The molecule has 1 aliphatic rings. The van der Waals surface area contributed by atoms with Crippen LogP contribution in [0, 0.1) is 21.0 Å². The van der Waals surface area contributed by atoms with Crippen LogP contribution in [0.25, 0.3) is 11.1 Å². The number of rotatable bonds is 7. The Bertz CT molecular complexity index is 1270. The van der Waals surface area contributed by atoms with Crippen molar-refractivity contribution in [2.75, 3.05) is 10.0 Å². The van der Waals surface area contributed by atoms with Gasteiger partial charge in [0.2, 0.25) is 10.0 Å². The van der Waals surface area contributed by atoms with E-state index in [1.807, 2.05) is 22.6 Å². The third-order valence-corrected chi connectivity index (χ3v) is 7.84. The summed E-state index contributed by atoms with van der Waals surface area (Å²) in [7, 11) is -4.03. The molecule has 4 rings (SSSR count). The topological polar surface area (TPSA) is 84.2 Å². The van der Waals surface area contributed by atoms with Crippen LogP contribution in [0.3, 0.4) is 0 Å². The molecule has 3 aromatic rings. The number of halogens is 4. The Morgan fingerprint density at radius 2 is 1.97 bits per heavy atom. The van der Waals surface area contributed by atoms with Crippen LogP contribution < -0.4 is 10.0 Å². The van der Waals surface area contributed by atoms with Gasteiger partial charge in [-0.25, -0.2) is 26.6 Å². The average Bonchev–Trinajstić information content (AvgIpc) is 3.32. The molecule has 11 heteroatoms. The van der Waals surface area contributed by atoms with Crippen LogP contribution >= 0.6 is 22.6 Å². The molecule has 6 nitrogen and oxygen atoms in total. The van der Waals surface area contributed by atoms with Crippen molar-refractivity contribution >= 4 is 60.8 Å². The fourth-order valence-electron chi connectivity index (χ4n) is 3.18. The Hall–Kier alpha value is -2.28. The lowest BCUT2D eigenvalue weighted by Gasteiger charge is -2.20. The molecule has 0 aliphatic heterocycles. The van der Waals surface area contributed by atoms with Gasteiger partial charge >= 0.3 is 0 Å². The van der Waals surface area contributed by atoms with E-state index in [-0.39, 0.29) is 23.4 Å². The molecule has 1 heterocycles. The largest absolute Gasteiger partial charge is 0.441 e. The summed E-state index contributed by atoms with van der Waals surface area (Å²) < 4.78 is 76.7. The third kappa shape index (κ3) is 3.43. The molecule has 0 saturated heterocycles. The molecule has 0 atom stereocenters. The maximum Gasteiger partial charge on any atom is 0.238 e. The Kier molecular flexibility index (Phi) is 5.21. The number of oxazole rings is 1. The Labute approximate surface area is 183 Å². The Balaban J connectivity index is 1.87. The molecular weight excluding hydrogens is 534 g/mol. The predicted molar refractivity (Wildman–Crippen MR) is 116 cm³/mol. The van der Waals surface area contributed by atoms with Crippen LogP contribution in [0.1, 0.15) is 19.3 Å². The van der Waals surface area contributed by atoms with Crippen molar-refractivity contribution in [2.24, 2.45) is 0 Å². The van der Waals surface area contributed by atoms with Gasteiger partial charge in [-0.15, -0.1) is 6.58 Å². The van der Waals surface area contributed by atoms with E-state index in [9.17, 15) is 21.6 Å². The van der Waals surface area contributed by atoms with Crippen molar-refractivity contribution in [1.82, 2.24) is 4.98 Å². The zero-order valence-electron chi connectivity index (χ0n) is 15.3. The maximum absolute atomic E-state index is 14.9. The zero-order chi connectivity index (χ0) is 21.7. The second kappa shape index (κ2) is 7.45. The molecule has 2 N–H and O–H groups in total. The smallest absolute Gasteiger partial charge is 0.238 e. The van der Waals surface area contributed by atoms with Gasteiger partial charge in [-0.2, -0.15) is 0 Å². The number of benzene rings is 2. The molecule has 1 fully saturated rings. The summed E-state index contributed by atoms with van der Waals surface area (Å²) >= 11 is 1.90. The van der Waals surface area contributed by atoms with E-state index in [1.54, 1.807) is 6.07 Å². The quantitative estimate of drug-likeness (QED) is 0.303. The van der Waals surface area contributed by atoms with Gasteiger partial charge in [-0.3, -0.25) is 4.72 Å². The number of nitrogens with zero attached hydrogens (tertiary/aromatic N) is 1. The van der Waals surface area contributed by atoms with E-state index in [1.165, 1.54) is 18.2 Å². The number of aromatic nitrogens is 1. The first-order valence-corrected chi connectivity index (χ1v) is 11.3. The lowest BCUT2D eigenvalue weighted by Crippen LogP contribution is -2.29. The highest BCUT2D eigenvalue weighted by molar-refractivity contribution is 14.1. The first-order chi connectivity index (χ1) is 14.2. The van der Waals surface area contributed by atoms with E-state index in [4.69, 9.17) is 4.42 Å². The fraction of sp³-hybridized carbons (Fsp3) is 0.211. The summed E-state index contributed by atoms with van der Waals surface area (Å²) in [4.78, 5) is 3.63. The average molecular weight is 549 g/mol. The molecule has 1 aliphatic carbocycles. The van der Waals surface area contributed by atoms with Crippen molar-refractivity contribution in [1.29, 1.82) is 0 Å². The van der Waals surface area contributed by atoms with Crippen molar-refractivity contribution in [3.8, 4) is 0 Å². The maximum atomic E-state index is 14.9. The monoisotopic (exact) mass is 549 g/mol. The highest BCUT2D eigenvalue weighted by atomic mass is 127. The van der Waals surface area contributed by atoms with Gasteiger partial charge < -0.3 is 9.73 Å². The van der Waals surface area contributed by atoms with Gasteiger partial charge in [0, 0.05) is 3.57 Å². The zero-order valence-corrected chi connectivity index (χ0v) is 18.3. The second-order valence-corrected chi connectivity index (χ2v) is 10.3. The summed E-state index contributed by atoms with van der Waals surface area (Å²) in [5, 5.41) is 2.46. The summed E-state index contributed by atoms with van der Waals surface area (Å²) in [5.74, 6) is -3.48. The summed E-state index contributed by atoms with van der Waals surface area (Å²) in [5.41, 5.74) is -1.93. The van der Waals surface area contributed by atoms with Crippen molar-refractivity contribution in [3.63, 3.8) is 0 Å². The molecule has 30 heavy (non-hydrogen) atoms. The van der Waals surface area contributed by atoms with Gasteiger partial charge in [-0.05, 0) is 60.1 Å². The summed E-state index contributed by atoms with van der Waals surface area (Å²) in [6.07, 6.45) is 3.34. The van der Waals surface area contributed by atoms with E-state index >= 15 is 0 Å². The fourth-order valence-corrected chi connectivity index (χ4v) is 5.29. The number of nitrogens with one attached hydrogen (secondary N) is 2. The molecule has 0 amide bonds. The normalized spacial score (nSPS) is 15.2. The van der Waals surface area contributed by atoms with E-state index in [0.29, 0.717) is 16.4 Å². The van der Waals surface area contributed by atoms with Gasteiger partial charge in [-0.1, -0.05) is 6.08 Å². The SMILES string of the molecule is C=CCC1(S(=O)(=O)Nc2c(Nc3ccc(I)cc3F)c(F)c(F)c3ncoc23)CC1. The first-order valence-electron chi connectivity index (χ1n) is 8.78. The summed E-state index contributed by atoms with van der Waals surface area (Å²) in [6, 6.07) is 4.08. The lowest BCUT2D eigenvalue weighted by atomic mass is 10.2. The van der Waals surface area contributed by atoms with Crippen LogP contribution in [0.2, 0.25) is 0 Å². The Morgan fingerprint density at radius 3 is 2.60 bits per heavy atom. The third-order valence-electron chi connectivity index (χ3n) is 4.99. The molecular formula is C19H15F3IN3O3S. The van der Waals surface area contributed by atoms with Crippen molar-refractivity contribution in [3.05, 3.63) is 58.3 Å². The molecule has 0 radical (unpaired) electrons. The van der Waals surface area contributed by atoms with E-state index < -0.39 is 43.4 Å². The van der Waals surface area contributed by atoms with Gasteiger partial charge in [0.1, 0.15) is 17.2 Å². The molecule has 0 bridgehead atoms. The van der Waals surface area contributed by atoms with Crippen LogP contribution in [0.4, 0.5) is 30.2 Å². The van der Waals surface area contributed by atoms with Crippen LogP contribution in [-0.4, -0.2) is 18.1 Å². The molecule has 1 saturated carbocycles. The van der Waals surface area contributed by atoms with Gasteiger partial charge in [0.05, 0.1) is 10.4 Å². The van der Waals surface area contributed by atoms with Crippen LogP contribution in [0.5, 0.6) is 0 Å². The second-order valence-electron chi connectivity index (χ2n) is 6.94. The number of hydrogen-bond donors (Lipinski definition) is 2. The number of hydrogen-bond acceptors (Lipinski definition) is 5. The van der Waals surface area contributed by atoms with Gasteiger partial charge in [0.15, 0.2) is 29.1 Å². The van der Waals surface area contributed by atoms with Crippen molar-refractivity contribution < 1.29 is 26.0 Å². The minimum atomic E-state index is -4.03. The molecule has 2 aromatic carbocycles. The lowest BCUT2D eigenvalue weighted by molar-refractivity contribution is 0.518. The van der Waals surface area contributed by atoms with Crippen LogP contribution in [0.15, 0.2) is 41.7 Å². The number of sulfonamides is 1.